The number of halogens is 1. The molecule has 1 heterocycles. The molecule has 2 aromatic carbocycles. The highest BCUT2D eigenvalue weighted by atomic mass is 35.5. The number of rotatable bonds is 8. The maximum absolute atomic E-state index is 12.3. The van der Waals surface area contributed by atoms with Crippen molar-refractivity contribution in [2.45, 2.75) is 0 Å². The van der Waals surface area contributed by atoms with Crippen LogP contribution in [-0.2, 0) is 0 Å². The molecule has 9 heteroatoms. The molecular weight excluding hydrogens is 420 g/mol. The van der Waals surface area contributed by atoms with E-state index in [1.807, 2.05) is 12.1 Å². The molecule has 2 N–H and O–H groups in total. The average Bonchev–Trinajstić information content (AvgIpc) is 2.80. The minimum absolute atomic E-state index is 0.309. The Kier molecular flexibility index (Phi) is 8.08. The molecule has 168 valence electrons. The van der Waals surface area contributed by atoms with Gasteiger partial charge in [0.05, 0.1) is 32.0 Å². The maximum Gasteiger partial charge on any atom is 0.319 e. The van der Waals surface area contributed by atoms with Crippen LogP contribution in [0.25, 0.3) is 0 Å². The molecule has 0 aromatic heterocycles. The van der Waals surface area contributed by atoms with Gasteiger partial charge in [0.25, 0.3) is 0 Å². The molecule has 8 nitrogen and oxygen atoms in total. The molecule has 1 fully saturated rings. The second-order valence-corrected chi connectivity index (χ2v) is 7.50. The molecule has 2 aromatic rings. The lowest BCUT2D eigenvalue weighted by Crippen LogP contribution is -2.48. The molecule has 1 saturated heterocycles. The van der Waals surface area contributed by atoms with Crippen LogP contribution < -0.4 is 29.7 Å². The van der Waals surface area contributed by atoms with Gasteiger partial charge in [-0.2, -0.15) is 0 Å². The van der Waals surface area contributed by atoms with Crippen LogP contribution in [-0.4, -0.2) is 71.5 Å². The summed E-state index contributed by atoms with van der Waals surface area (Å²) in [5, 5.41) is 6.06. The van der Waals surface area contributed by atoms with Crippen molar-refractivity contribution < 1.29 is 19.0 Å². The normalized spacial score (nSPS) is 14.1. The number of carbonyl (C=O) groups excluding carboxylic acids is 1. The Labute approximate surface area is 188 Å². The third-order valence-corrected chi connectivity index (χ3v) is 5.54. The number of anilines is 2. The highest BCUT2D eigenvalue weighted by Crippen LogP contribution is 2.35. The smallest absolute Gasteiger partial charge is 0.319 e. The first-order chi connectivity index (χ1) is 15.0. The van der Waals surface area contributed by atoms with Gasteiger partial charge in [-0.25, -0.2) is 4.79 Å². The van der Waals surface area contributed by atoms with Crippen LogP contribution in [0.2, 0.25) is 5.02 Å². The fourth-order valence-electron chi connectivity index (χ4n) is 3.47. The van der Waals surface area contributed by atoms with Gasteiger partial charge in [-0.1, -0.05) is 11.6 Å². The first kappa shape index (κ1) is 22.8. The van der Waals surface area contributed by atoms with E-state index in [9.17, 15) is 4.79 Å². The van der Waals surface area contributed by atoms with Crippen LogP contribution in [0.1, 0.15) is 0 Å². The first-order valence-corrected chi connectivity index (χ1v) is 10.5. The van der Waals surface area contributed by atoms with Gasteiger partial charge in [0.15, 0.2) is 0 Å². The average molecular weight is 449 g/mol. The predicted octanol–water partition coefficient (Wildman–Crippen LogP) is 3.31. The number of piperazine rings is 1. The molecule has 0 saturated carbocycles. The summed E-state index contributed by atoms with van der Waals surface area (Å²) in [6.45, 7) is 5.10. The van der Waals surface area contributed by atoms with E-state index in [0.29, 0.717) is 28.8 Å². The minimum atomic E-state index is -0.309. The highest BCUT2D eigenvalue weighted by Gasteiger charge is 2.17. The monoisotopic (exact) mass is 448 g/mol. The second-order valence-electron chi connectivity index (χ2n) is 7.09. The van der Waals surface area contributed by atoms with Crippen LogP contribution >= 0.6 is 11.6 Å². The molecule has 0 bridgehead atoms. The van der Waals surface area contributed by atoms with Gasteiger partial charge >= 0.3 is 6.03 Å². The Bertz CT molecular complexity index is 871. The van der Waals surface area contributed by atoms with E-state index in [1.165, 1.54) is 19.9 Å². The molecule has 1 aliphatic heterocycles. The lowest BCUT2D eigenvalue weighted by Gasteiger charge is -2.36. The topological polar surface area (TPSA) is 75.3 Å². The summed E-state index contributed by atoms with van der Waals surface area (Å²) in [4.78, 5) is 17.0. The zero-order valence-corrected chi connectivity index (χ0v) is 18.9. The van der Waals surface area contributed by atoms with Crippen molar-refractivity contribution in [3.8, 4) is 17.2 Å². The van der Waals surface area contributed by atoms with Crippen molar-refractivity contribution in [3.63, 3.8) is 0 Å². The van der Waals surface area contributed by atoms with E-state index in [0.717, 1.165) is 38.5 Å². The molecule has 2 amide bonds. The maximum atomic E-state index is 12.3. The Morgan fingerprint density at radius 2 is 1.65 bits per heavy atom. The van der Waals surface area contributed by atoms with E-state index >= 15 is 0 Å². The number of hydrogen-bond donors (Lipinski definition) is 2. The number of hydrogen-bond acceptors (Lipinski definition) is 6. The molecular formula is C22H29ClN4O4. The lowest BCUT2D eigenvalue weighted by molar-refractivity contribution is 0.240. The van der Waals surface area contributed by atoms with Gasteiger partial charge < -0.3 is 29.7 Å². The third-order valence-electron chi connectivity index (χ3n) is 5.25. The Hall–Kier alpha value is -2.84. The van der Waals surface area contributed by atoms with Gasteiger partial charge in [-0.05, 0) is 30.3 Å². The summed E-state index contributed by atoms with van der Waals surface area (Å²) in [5.41, 5.74) is 1.68. The van der Waals surface area contributed by atoms with Crippen molar-refractivity contribution in [1.82, 2.24) is 10.2 Å². The SMILES string of the molecule is COc1ccc(N2CCN(CCNC(=O)Nc3cc(Cl)c(OC)cc3OC)CC2)cc1. The summed E-state index contributed by atoms with van der Waals surface area (Å²) in [6, 6.07) is 11.1. The van der Waals surface area contributed by atoms with Gasteiger partial charge in [0.1, 0.15) is 17.2 Å². The van der Waals surface area contributed by atoms with Crippen LogP contribution in [0, 0.1) is 0 Å². The summed E-state index contributed by atoms with van der Waals surface area (Å²) < 4.78 is 15.7. The standard InChI is InChI=1S/C22H29ClN4O4/c1-29-17-6-4-16(5-7-17)27-12-10-26(11-13-27)9-8-24-22(28)25-19-14-18(23)20(30-2)15-21(19)31-3/h4-7,14-15H,8-13H2,1-3H3,(H2,24,25,28). The minimum Gasteiger partial charge on any atom is -0.497 e. The van der Waals surface area contributed by atoms with Crippen molar-refractivity contribution >= 4 is 29.0 Å². The van der Waals surface area contributed by atoms with Crippen LogP contribution in [0.4, 0.5) is 16.2 Å². The zero-order valence-electron chi connectivity index (χ0n) is 18.1. The Morgan fingerprint density at radius 1 is 0.968 bits per heavy atom. The van der Waals surface area contributed by atoms with Gasteiger partial charge in [-0.3, -0.25) is 4.90 Å². The summed E-state index contributed by atoms with van der Waals surface area (Å²) >= 11 is 6.15. The number of ether oxygens (including phenoxy) is 3. The summed E-state index contributed by atoms with van der Waals surface area (Å²) in [6.07, 6.45) is 0. The van der Waals surface area contributed by atoms with E-state index in [4.69, 9.17) is 25.8 Å². The molecule has 0 unspecified atom stereocenters. The van der Waals surface area contributed by atoms with Crippen LogP contribution in [0.3, 0.4) is 0 Å². The van der Waals surface area contributed by atoms with Crippen molar-refractivity contribution in [1.29, 1.82) is 0 Å². The molecule has 3 rings (SSSR count). The number of carbonyl (C=O) groups is 1. The number of nitrogens with zero attached hydrogens (tertiary/aromatic N) is 2. The van der Waals surface area contributed by atoms with Gasteiger partial charge in [0, 0.05) is 51.0 Å². The predicted molar refractivity (Wildman–Crippen MR) is 123 cm³/mol. The zero-order chi connectivity index (χ0) is 22.2. The van der Waals surface area contributed by atoms with Crippen LogP contribution in [0.5, 0.6) is 17.2 Å². The van der Waals surface area contributed by atoms with Crippen molar-refractivity contribution in [2.75, 3.05) is 70.8 Å². The molecule has 0 spiro atoms. The van der Waals surface area contributed by atoms with E-state index < -0.39 is 0 Å². The quantitative estimate of drug-likeness (QED) is 0.645. The van der Waals surface area contributed by atoms with E-state index in [-0.39, 0.29) is 6.03 Å². The largest absolute Gasteiger partial charge is 0.497 e. The molecule has 31 heavy (non-hydrogen) atoms. The van der Waals surface area contributed by atoms with Crippen LogP contribution in [0.15, 0.2) is 36.4 Å². The third kappa shape index (κ3) is 6.08. The summed E-state index contributed by atoms with van der Waals surface area (Å²) in [7, 11) is 4.72. The number of benzene rings is 2. The number of urea groups is 1. The molecule has 1 aliphatic rings. The fourth-order valence-corrected chi connectivity index (χ4v) is 3.72. The Morgan fingerprint density at radius 3 is 2.26 bits per heavy atom. The van der Waals surface area contributed by atoms with Gasteiger partial charge in [-0.15, -0.1) is 0 Å². The highest BCUT2D eigenvalue weighted by molar-refractivity contribution is 6.32. The van der Waals surface area contributed by atoms with Crippen molar-refractivity contribution in [3.05, 3.63) is 41.4 Å². The number of nitrogens with one attached hydrogen (secondary N) is 2. The summed E-state index contributed by atoms with van der Waals surface area (Å²) in [5.74, 6) is 1.82. The van der Waals surface area contributed by atoms with Gasteiger partial charge in [0.2, 0.25) is 0 Å². The first-order valence-electron chi connectivity index (χ1n) is 10.1. The molecule has 0 aliphatic carbocycles. The fraction of sp³-hybridized carbons (Fsp3) is 0.409. The number of amides is 2. The van der Waals surface area contributed by atoms with Crippen molar-refractivity contribution in [2.24, 2.45) is 0 Å². The second kappa shape index (κ2) is 11.0. The lowest BCUT2D eigenvalue weighted by atomic mass is 10.2. The van der Waals surface area contributed by atoms with E-state index in [1.54, 1.807) is 19.2 Å². The molecule has 0 radical (unpaired) electrons. The number of methoxy groups -OCH3 is 3. The van der Waals surface area contributed by atoms with E-state index in [2.05, 4.69) is 32.6 Å². The Balaban J connectivity index is 1.42. The molecule has 0 atom stereocenters.